The summed E-state index contributed by atoms with van der Waals surface area (Å²) in [5.74, 6) is -3.56. The van der Waals surface area contributed by atoms with E-state index in [-0.39, 0.29) is 0 Å². The van der Waals surface area contributed by atoms with Gasteiger partial charge in [-0.2, -0.15) is 0 Å². The van der Waals surface area contributed by atoms with Crippen LogP contribution >= 0.6 is 0 Å². The molecule has 2 heterocycles. The Bertz CT molecular complexity index is 579. The molecule has 0 aromatic carbocycles. The highest BCUT2D eigenvalue weighted by atomic mass is 16.8. The maximum Gasteiger partial charge on any atom is 0.326 e. The van der Waals surface area contributed by atoms with Gasteiger partial charge in [0.1, 0.15) is 49.3 Å². The van der Waals surface area contributed by atoms with Gasteiger partial charge in [-0.25, -0.2) is 0 Å². The van der Waals surface area contributed by atoms with Crippen molar-refractivity contribution in [2.24, 2.45) is 5.73 Å². The van der Waals surface area contributed by atoms with Crippen LogP contribution < -0.4 is 5.73 Å². The molecule has 0 aromatic heterocycles. The fraction of sp³-hybridized carbons (Fsp3) is 0.938. The van der Waals surface area contributed by atoms with Gasteiger partial charge in [-0.15, -0.1) is 0 Å². The molecular formula is C16H29NO13. The van der Waals surface area contributed by atoms with Crippen molar-refractivity contribution in [2.45, 2.75) is 73.9 Å². The average Bonchev–Trinajstić information content (AvgIpc) is 2.97. The van der Waals surface area contributed by atoms with Gasteiger partial charge in [0, 0.05) is 0 Å². The Morgan fingerprint density at radius 3 is 2.13 bits per heavy atom. The quantitative estimate of drug-likeness (QED) is 0.159. The van der Waals surface area contributed by atoms with Crippen LogP contribution in [0.2, 0.25) is 0 Å². The molecule has 0 bridgehead atoms. The van der Waals surface area contributed by atoms with E-state index >= 15 is 0 Å². The summed E-state index contributed by atoms with van der Waals surface area (Å²) in [5.41, 5.74) is 5.49. The van der Waals surface area contributed by atoms with Crippen molar-refractivity contribution in [3.05, 3.63) is 0 Å². The first-order valence-corrected chi connectivity index (χ1v) is 9.23. The van der Waals surface area contributed by atoms with E-state index in [2.05, 4.69) is 0 Å². The minimum Gasteiger partial charge on any atom is -0.453 e. The second-order valence-corrected chi connectivity index (χ2v) is 7.24. The molecule has 30 heavy (non-hydrogen) atoms. The van der Waals surface area contributed by atoms with Crippen molar-refractivity contribution in [1.82, 2.24) is 0 Å². The van der Waals surface area contributed by atoms with Crippen molar-refractivity contribution in [3.63, 3.8) is 0 Å². The van der Waals surface area contributed by atoms with Gasteiger partial charge in [-0.1, -0.05) is 0 Å². The lowest BCUT2D eigenvalue weighted by molar-refractivity contribution is -0.384. The number of rotatable bonds is 8. The number of esters is 1. The lowest BCUT2D eigenvalue weighted by Gasteiger charge is -2.44. The average molecular weight is 443 g/mol. The predicted octanol–water partition coefficient (Wildman–Crippen LogP) is -6.14. The molecule has 2 fully saturated rings. The molecule has 0 spiro atoms. The van der Waals surface area contributed by atoms with Crippen LogP contribution in [-0.4, -0.2) is 134 Å². The van der Waals surface area contributed by atoms with E-state index < -0.39 is 92.7 Å². The Balaban J connectivity index is 2.30. The maximum absolute atomic E-state index is 12.1. The third kappa shape index (κ3) is 4.74. The van der Waals surface area contributed by atoms with E-state index in [4.69, 9.17) is 24.7 Å². The summed E-state index contributed by atoms with van der Waals surface area (Å²) in [4.78, 5) is 12.1. The van der Waals surface area contributed by atoms with Crippen LogP contribution in [0, 0.1) is 0 Å². The van der Waals surface area contributed by atoms with Gasteiger partial charge in [0.05, 0.1) is 19.3 Å². The van der Waals surface area contributed by atoms with Crippen LogP contribution in [0.5, 0.6) is 0 Å². The minimum absolute atomic E-state index is 0.739. The van der Waals surface area contributed by atoms with Crippen molar-refractivity contribution in [1.29, 1.82) is 0 Å². The molecule has 11 atom stereocenters. The summed E-state index contributed by atoms with van der Waals surface area (Å²) in [6, 6.07) is -1.52. The Labute approximate surface area is 171 Å². The molecule has 11 unspecified atom stereocenters. The van der Waals surface area contributed by atoms with Crippen molar-refractivity contribution < 1.29 is 64.6 Å². The summed E-state index contributed by atoms with van der Waals surface area (Å²) in [7, 11) is 0. The number of carbonyl (C=O) groups is 1. The lowest BCUT2D eigenvalue weighted by Crippen LogP contribution is -2.64. The van der Waals surface area contributed by atoms with Crippen molar-refractivity contribution >= 4 is 5.97 Å². The number of hydrogen-bond donors (Lipinski definition) is 9. The first-order chi connectivity index (χ1) is 14.0. The fourth-order valence-electron chi connectivity index (χ4n) is 3.15. The molecule has 2 rings (SSSR count). The SMILES string of the molecule is CC(O)C(N)C(=O)OC1C(OC2(CO)OC(CO)C(O)C2O)OC(CO)C(O)C1O. The minimum atomic E-state index is -2.36. The molecule has 0 saturated carbocycles. The molecule has 2 saturated heterocycles. The van der Waals surface area contributed by atoms with Gasteiger partial charge in [0.15, 0.2) is 6.10 Å². The fourth-order valence-corrected chi connectivity index (χ4v) is 3.15. The molecule has 0 aliphatic carbocycles. The molecule has 14 nitrogen and oxygen atoms in total. The number of carbonyl (C=O) groups excluding carboxylic acids is 1. The number of hydrogen-bond acceptors (Lipinski definition) is 14. The van der Waals surface area contributed by atoms with E-state index in [9.17, 15) is 45.6 Å². The normalized spacial score (nSPS) is 43.9. The molecule has 0 aromatic rings. The smallest absolute Gasteiger partial charge is 0.326 e. The highest BCUT2D eigenvalue weighted by Gasteiger charge is 2.59. The van der Waals surface area contributed by atoms with Gasteiger partial charge >= 0.3 is 5.97 Å². The van der Waals surface area contributed by atoms with Gasteiger partial charge in [-0.05, 0) is 6.92 Å². The Morgan fingerprint density at radius 2 is 1.67 bits per heavy atom. The van der Waals surface area contributed by atoms with Crippen LogP contribution in [0.25, 0.3) is 0 Å². The van der Waals surface area contributed by atoms with Gasteiger partial charge in [0.25, 0.3) is 0 Å². The van der Waals surface area contributed by atoms with Gasteiger partial charge in [0.2, 0.25) is 12.1 Å². The Hall–Kier alpha value is -1.01. The van der Waals surface area contributed by atoms with Gasteiger partial charge < -0.3 is 65.5 Å². The van der Waals surface area contributed by atoms with E-state index in [0.717, 1.165) is 0 Å². The summed E-state index contributed by atoms with van der Waals surface area (Å²) in [5, 5.41) is 78.5. The van der Waals surface area contributed by atoms with Crippen LogP contribution in [0.3, 0.4) is 0 Å². The molecule has 2 aliphatic heterocycles. The molecule has 0 radical (unpaired) electrons. The van der Waals surface area contributed by atoms with Crippen LogP contribution in [0.1, 0.15) is 6.92 Å². The molecule has 10 N–H and O–H groups in total. The van der Waals surface area contributed by atoms with E-state index in [1.54, 1.807) is 0 Å². The lowest BCUT2D eigenvalue weighted by atomic mass is 9.98. The topological polar surface area (TPSA) is 242 Å². The predicted molar refractivity (Wildman–Crippen MR) is 92.2 cm³/mol. The number of ether oxygens (including phenoxy) is 4. The third-order valence-corrected chi connectivity index (χ3v) is 5.09. The summed E-state index contributed by atoms with van der Waals surface area (Å²) in [6.45, 7) is -1.37. The number of aliphatic hydroxyl groups is 8. The van der Waals surface area contributed by atoms with Crippen molar-refractivity contribution in [3.8, 4) is 0 Å². The maximum atomic E-state index is 12.1. The highest BCUT2D eigenvalue weighted by molar-refractivity contribution is 5.76. The van der Waals surface area contributed by atoms with Crippen molar-refractivity contribution in [2.75, 3.05) is 19.8 Å². The monoisotopic (exact) mass is 443 g/mol. The van der Waals surface area contributed by atoms with Crippen LogP contribution in [0.4, 0.5) is 0 Å². The van der Waals surface area contributed by atoms with Crippen LogP contribution in [0.15, 0.2) is 0 Å². The first-order valence-electron chi connectivity index (χ1n) is 9.23. The van der Waals surface area contributed by atoms with E-state index in [1.807, 2.05) is 0 Å². The zero-order valence-electron chi connectivity index (χ0n) is 16.1. The Morgan fingerprint density at radius 1 is 1.07 bits per heavy atom. The zero-order chi connectivity index (χ0) is 22.8. The van der Waals surface area contributed by atoms with Gasteiger partial charge in [-0.3, -0.25) is 4.79 Å². The zero-order valence-corrected chi connectivity index (χ0v) is 16.1. The molecular weight excluding hydrogens is 414 g/mol. The van der Waals surface area contributed by atoms with Crippen LogP contribution in [-0.2, 0) is 23.7 Å². The molecule has 176 valence electrons. The molecule has 0 amide bonds. The van der Waals surface area contributed by atoms with E-state index in [1.165, 1.54) is 6.92 Å². The molecule has 2 aliphatic rings. The highest BCUT2D eigenvalue weighted by Crippen LogP contribution is 2.36. The molecule has 14 heteroatoms. The number of nitrogens with two attached hydrogens (primary N) is 1. The number of aliphatic hydroxyl groups excluding tert-OH is 8. The second-order valence-electron chi connectivity index (χ2n) is 7.24. The standard InChI is InChI=1S/C16H29NO13/c1-5(21)8(17)14(26)28-12-11(24)9(22)6(2-18)27-15(12)30-16(4-20)13(25)10(23)7(3-19)29-16/h5-13,15,18-25H,2-4,17H2,1H3. The van der Waals surface area contributed by atoms with E-state index in [0.29, 0.717) is 0 Å². The first kappa shape index (κ1) is 25.3. The summed E-state index contributed by atoms with van der Waals surface area (Å²) in [6.07, 6.45) is -14.9. The summed E-state index contributed by atoms with van der Waals surface area (Å²) >= 11 is 0. The third-order valence-electron chi connectivity index (χ3n) is 5.09. The largest absolute Gasteiger partial charge is 0.453 e. The summed E-state index contributed by atoms with van der Waals surface area (Å²) < 4.78 is 21.0. The second kappa shape index (κ2) is 10.1. The Kier molecular flexibility index (Phi) is 8.48.